The Kier molecular flexibility index (Phi) is 4.55. The number of rotatable bonds is 3. The molecule has 0 radical (unpaired) electrons. The van der Waals surface area contributed by atoms with E-state index in [2.05, 4.69) is 17.3 Å². The molecule has 4 nitrogen and oxygen atoms in total. The predicted octanol–water partition coefficient (Wildman–Crippen LogP) is 2.03. The molecule has 4 heteroatoms. The Balaban J connectivity index is 1.62. The van der Waals surface area contributed by atoms with Gasteiger partial charge in [0.25, 0.3) is 0 Å². The van der Waals surface area contributed by atoms with Crippen molar-refractivity contribution in [2.24, 2.45) is 11.1 Å². The maximum atomic E-state index is 12.8. The van der Waals surface area contributed by atoms with Crippen molar-refractivity contribution in [2.75, 3.05) is 13.6 Å². The molecule has 1 saturated carbocycles. The monoisotopic (exact) mass is 293 g/mol. The van der Waals surface area contributed by atoms with E-state index in [1.807, 2.05) is 0 Å². The Morgan fingerprint density at radius 3 is 2.33 bits per heavy atom. The smallest absolute Gasteiger partial charge is 0.227 e. The lowest BCUT2D eigenvalue weighted by molar-refractivity contribution is -0.134. The van der Waals surface area contributed by atoms with Gasteiger partial charge in [0.15, 0.2) is 0 Å². The minimum atomic E-state index is -0.267. The van der Waals surface area contributed by atoms with Gasteiger partial charge in [-0.3, -0.25) is 4.79 Å². The van der Waals surface area contributed by atoms with Crippen LogP contribution in [0.2, 0.25) is 0 Å². The molecule has 0 aromatic heterocycles. The molecule has 1 amide bonds. The third-order valence-electron chi connectivity index (χ3n) is 6.36. The molecule has 2 atom stereocenters. The highest BCUT2D eigenvalue weighted by Gasteiger charge is 2.41. The van der Waals surface area contributed by atoms with Gasteiger partial charge in [-0.05, 0) is 45.6 Å². The fraction of sp³-hybridized carbons (Fsp3) is 0.941. The number of nitrogens with one attached hydrogen (secondary N) is 1. The van der Waals surface area contributed by atoms with Gasteiger partial charge in [-0.1, -0.05) is 25.7 Å². The lowest BCUT2D eigenvalue weighted by Crippen LogP contribution is -2.58. The van der Waals surface area contributed by atoms with E-state index in [4.69, 9.17) is 5.73 Å². The summed E-state index contributed by atoms with van der Waals surface area (Å²) in [6.45, 7) is 0.512. The molecule has 3 rings (SSSR count). The van der Waals surface area contributed by atoms with E-state index >= 15 is 0 Å². The van der Waals surface area contributed by atoms with Crippen molar-refractivity contribution in [3.63, 3.8) is 0 Å². The topological polar surface area (TPSA) is 58.4 Å². The second-order valence-electron chi connectivity index (χ2n) is 7.59. The highest BCUT2D eigenvalue weighted by molar-refractivity contribution is 5.83. The molecule has 3 fully saturated rings. The zero-order valence-electron chi connectivity index (χ0n) is 13.4. The normalized spacial score (nSPS) is 36.2. The molecule has 0 aromatic carbocycles. The number of carbonyl (C=O) groups is 1. The first-order chi connectivity index (χ1) is 10.1. The molecule has 120 valence electrons. The SMILES string of the molecule is CN1C2CCCC1CC(NC(=O)C1(CN)CCCCC1)C2. The van der Waals surface area contributed by atoms with Crippen LogP contribution in [0.25, 0.3) is 0 Å². The van der Waals surface area contributed by atoms with E-state index in [0.29, 0.717) is 24.7 Å². The van der Waals surface area contributed by atoms with Gasteiger partial charge in [0.2, 0.25) is 5.91 Å². The lowest BCUT2D eigenvalue weighted by atomic mass is 9.73. The molecule has 2 bridgehead atoms. The van der Waals surface area contributed by atoms with E-state index in [1.54, 1.807) is 0 Å². The van der Waals surface area contributed by atoms with Crippen LogP contribution in [0.4, 0.5) is 0 Å². The number of nitrogens with zero attached hydrogens (tertiary/aromatic N) is 1. The first kappa shape index (κ1) is 15.3. The quantitative estimate of drug-likeness (QED) is 0.837. The van der Waals surface area contributed by atoms with Crippen molar-refractivity contribution in [3.8, 4) is 0 Å². The summed E-state index contributed by atoms with van der Waals surface area (Å²) in [7, 11) is 2.26. The van der Waals surface area contributed by atoms with Crippen LogP contribution in [0.1, 0.15) is 64.2 Å². The summed E-state index contributed by atoms with van der Waals surface area (Å²) >= 11 is 0. The van der Waals surface area contributed by atoms with Gasteiger partial charge in [-0.25, -0.2) is 0 Å². The number of carbonyl (C=O) groups excluding carboxylic acids is 1. The van der Waals surface area contributed by atoms with E-state index in [1.165, 1.54) is 25.7 Å². The highest BCUT2D eigenvalue weighted by Crippen LogP contribution is 2.37. The molecule has 0 aromatic rings. The minimum absolute atomic E-state index is 0.248. The molecule has 2 aliphatic heterocycles. The van der Waals surface area contributed by atoms with Crippen molar-refractivity contribution < 1.29 is 4.79 Å². The van der Waals surface area contributed by atoms with Crippen molar-refractivity contribution in [3.05, 3.63) is 0 Å². The van der Waals surface area contributed by atoms with Gasteiger partial charge < -0.3 is 16.0 Å². The maximum Gasteiger partial charge on any atom is 0.227 e. The average molecular weight is 293 g/mol. The van der Waals surface area contributed by atoms with Crippen LogP contribution in [0, 0.1) is 5.41 Å². The summed E-state index contributed by atoms with van der Waals surface area (Å²) in [5.74, 6) is 0.248. The fourth-order valence-corrected chi connectivity index (χ4v) is 4.82. The first-order valence-corrected chi connectivity index (χ1v) is 8.87. The number of piperidine rings is 2. The Morgan fingerprint density at radius 1 is 1.14 bits per heavy atom. The Morgan fingerprint density at radius 2 is 1.76 bits per heavy atom. The number of hydrogen-bond acceptors (Lipinski definition) is 3. The molecule has 3 N–H and O–H groups in total. The van der Waals surface area contributed by atoms with Gasteiger partial charge in [0.05, 0.1) is 5.41 Å². The minimum Gasteiger partial charge on any atom is -0.353 e. The number of hydrogen-bond donors (Lipinski definition) is 2. The first-order valence-electron chi connectivity index (χ1n) is 8.87. The molecule has 3 aliphatic rings. The van der Waals surface area contributed by atoms with Crippen molar-refractivity contribution in [2.45, 2.75) is 82.3 Å². The second kappa shape index (κ2) is 6.25. The average Bonchev–Trinajstić information content (AvgIpc) is 2.49. The van der Waals surface area contributed by atoms with Crippen molar-refractivity contribution in [1.29, 1.82) is 0 Å². The highest BCUT2D eigenvalue weighted by atomic mass is 16.2. The van der Waals surface area contributed by atoms with Gasteiger partial charge in [0.1, 0.15) is 0 Å². The van der Waals surface area contributed by atoms with Crippen molar-refractivity contribution in [1.82, 2.24) is 10.2 Å². The summed E-state index contributed by atoms with van der Waals surface area (Å²) in [6.07, 6.45) is 11.7. The summed E-state index contributed by atoms with van der Waals surface area (Å²) < 4.78 is 0. The van der Waals surface area contributed by atoms with E-state index < -0.39 is 0 Å². The molecule has 2 heterocycles. The Bertz CT molecular complexity index is 364. The molecular formula is C17H31N3O. The van der Waals surface area contributed by atoms with E-state index in [0.717, 1.165) is 38.5 Å². The Hall–Kier alpha value is -0.610. The van der Waals surface area contributed by atoms with Crippen LogP contribution >= 0.6 is 0 Å². The molecule has 21 heavy (non-hydrogen) atoms. The zero-order chi connectivity index (χ0) is 14.9. The predicted molar refractivity (Wildman–Crippen MR) is 84.9 cm³/mol. The number of fused-ring (bicyclic) bond motifs is 2. The van der Waals surface area contributed by atoms with Crippen LogP contribution < -0.4 is 11.1 Å². The van der Waals surface area contributed by atoms with Gasteiger partial charge in [0, 0.05) is 24.7 Å². The molecule has 2 unspecified atom stereocenters. The zero-order valence-corrected chi connectivity index (χ0v) is 13.4. The lowest BCUT2D eigenvalue weighted by Gasteiger charge is -2.48. The molecule has 0 spiro atoms. The van der Waals surface area contributed by atoms with Crippen LogP contribution in [-0.2, 0) is 4.79 Å². The van der Waals surface area contributed by atoms with Gasteiger partial charge in [-0.15, -0.1) is 0 Å². The number of nitrogens with two attached hydrogens (primary N) is 1. The van der Waals surface area contributed by atoms with Crippen molar-refractivity contribution >= 4 is 5.91 Å². The van der Waals surface area contributed by atoms with Crippen LogP contribution in [0.15, 0.2) is 0 Å². The summed E-state index contributed by atoms with van der Waals surface area (Å²) in [5, 5.41) is 3.38. The van der Waals surface area contributed by atoms with E-state index in [9.17, 15) is 4.79 Å². The largest absolute Gasteiger partial charge is 0.353 e. The third-order valence-corrected chi connectivity index (χ3v) is 6.36. The van der Waals surface area contributed by atoms with Crippen LogP contribution in [-0.4, -0.2) is 42.5 Å². The summed E-state index contributed by atoms with van der Waals surface area (Å²) in [5.41, 5.74) is 5.72. The van der Waals surface area contributed by atoms with Gasteiger partial charge in [-0.2, -0.15) is 0 Å². The maximum absolute atomic E-state index is 12.8. The molecule has 2 saturated heterocycles. The molecular weight excluding hydrogens is 262 g/mol. The summed E-state index contributed by atoms with van der Waals surface area (Å²) in [4.78, 5) is 15.4. The van der Waals surface area contributed by atoms with Crippen LogP contribution in [0.3, 0.4) is 0 Å². The molecule has 1 aliphatic carbocycles. The number of amides is 1. The van der Waals surface area contributed by atoms with Gasteiger partial charge >= 0.3 is 0 Å². The van der Waals surface area contributed by atoms with Crippen LogP contribution in [0.5, 0.6) is 0 Å². The Labute approximate surface area is 128 Å². The third kappa shape index (κ3) is 2.98. The van der Waals surface area contributed by atoms with E-state index in [-0.39, 0.29) is 11.3 Å². The summed E-state index contributed by atoms with van der Waals surface area (Å²) in [6, 6.07) is 1.71. The standard InChI is InChI=1S/C17H31N3O/c1-20-14-6-5-7-15(20)11-13(10-14)19-16(21)17(12-18)8-3-2-4-9-17/h13-15H,2-12,18H2,1H3,(H,19,21). The fourth-order valence-electron chi connectivity index (χ4n) is 4.82. The second-order valence-corrected chi connectivity index (χ2v) is 7.59.